The van der Waals surface area contributed by atoms with E-state index >= 15 is 0 Å². The number of aromatic nitrogens is 2. The minimum Gasteiger partial charge on any atom is -0.480 e. The monoisotopic (exact) mass is 623 g/mol. The first-order chi connectivity index (χ1) is 19.9. The van der Waals surface area contributed by atoms with E-state index in [1.165, 1.54) is 18.2 Å². The number of likely N-dealkylation sites (N-methyl/N-ethyl adjacent to an activating group) is 1. The molecular formula is C30H37ClF3N5O4. The third kappa shape index (κ3) is 9.70. The number of carbonyl (C=O) groups is 2. The second-order valence-corrected chi connectivity index (χ2v) is 11.6. The van der Waals surface area contributed by atoms with E-state index in [1.807, 2.05) is 37.5 Å². The molecule has 0 saturated carbocycles. The summed E-state index contributed by atoms with van der Waals surface area (Å²) in [6.45, 7) is 4.49. The highest BCUT2D eigenvalue weighted by Gasteiger charge is 2.38. The summed E-state index contributed by atoms with van der Waals surface area (Å²) in [6.07, 6.45) is -4.45. The minimum atomic E-state index is -4.57. The molecule has 2 atom stereocenters. The van der Waals surface area contributed by atoms with Gasteiger partial charge in [0.2, 0.25) is 5.91 Å². The molecule has 0 unspecified atom stereocenters. The average molecular weight is 624 g/mol. The number of nitrogens with zero attached hydrogens (tertiary/aromatic N) is 3. The van der Waals surface area contributed by atoms with Crippen molar-refractivity contribution in [1.29, 1.82) is 0 Å². The van der Waals surface area contributed by atoms with E-state index in [2.05, 4.69) is 15.6 Å². The smallest absolute Gasteiger partial charge is 0.425 e. The molecule has 2 amide bonds. The quantitative estimate of drug-likeness (QED) is 0.277. The minimum absolute atomic E-state index is 0.120. The van der Waals surface area contributed by atoms with Gasteiger partial charge in [-0.1, -0.05) is 35.9 Å². The first-order valence-electron chi connectivity index (χ1n) is 13.5. The van der Waals surface area contributed by atoms with Crippen molar-refractivity contribution in [3.8, 4) is 17.0 Å². The van der Waals surface area contributed by atoms with Gasteiger partial charge in [0.25, 0.3) is 5.91 Å². The van der Waals surface area contributed by atoms with E-state index in [1.54, 1.807) is 37.4 Å². The van der Waals surface area contributed by atoms with Crippen LogP contribution in [0.4, 0.5) is 13.2 Å². The van der Waals surface area contributed by atoms with Gasteiger partial charge in [0.05, 0.1) is 23.3 Å². The zero-order valence-electron chi connectivity index (χ0n) is 24.9. The summed E-state index contributed by atoms with van der Waals surface area (Å²) >= 11 is 6.13. The van der Waals surface area contributed by atoms with Crippen LogP contribution in [-0.2, 0) is 23.9 Å². The van der Waals surface area contributed by atoms with Crippen LogP contribution >= 0.6 is 11.6 Å². The van der Waals surface area contributed by atoms with Crippen LogP contribution in [0.3, 0.4) is 0 Å². The zero-order chi connectivity index (χ0) is 32.1. The Morgan fingerprint density at radius 3 is 2.33 bits per heavy atom. The van der Waals surface area contributed by atoms with Gasteiger partial charge in [-0.2, -0.15) is 13.2 Å². The molecule has 3 N–H and O–H groups in total. The Bertz CT molecular complexity index is 1420. The average Bonchev–Trinajstić information content (AvgIpc) is 3.30. The highest BCUT2D eigenvalue weighted by Crippen LogP contribution is 2.31. The first-order valence-corrected chi connectivity index (χ1v) is 13.9. The van der Waals surface area contributed by atoms with E-state index in [9.17, 15) is 27.9 Å². The van der Waals surface area contributed by atoms with Crippen LogP contribution in [0.25, 0.3) is 11.3 Å². The normalized spacial score (nSPS) is 13.5. The molecule has 43 heavy (non-hydrogen) atoms. The van der Waals surface area contributed by atoms with Crippen LogP contribution in [0.2, 0.25) is 5.02 Å². The van der Waals surface area contributed by atoms with Crippen molar-refractivity contribution in [2.45, 2.75) is 51.1 Å². The Hall–Kier alpha value is -3.61. The van der Waals surface area contributed by atoms with E-state index in [4.69, 9.17) is 16.3 Å². The molecule has 1 heterocycles. The lowest BCUT2D eigenvalue weighted by Crippen LogP contribution is -2.46. The maximum absolute atomic E-state index is 13.1. The summed E-state index contributed by atoms with van der Waals surface area (Å²) in [5.74, 6) is -0.412. The van der Waals surface area contributed by atoms with Crippen LogP contribution in [0.1, 0.15) is 42.5 Å². The molecule has 0 spiro atoms. The van der Waals surface area contributed by atoms with Crippen LogP contribution in [0.5, 0.6) is 5.75 Å². The molecular weight excluding hydrogens is 587 g/mol. The highest BCUT2D eigenvalue weighted by atomic mass is 35.5. The molecule has 2 aromatic carbocycles. The van der Waals surface area contributed by atoms with Gasteiger partial charge in [0.15, 0.2) is 6.10 Å². The number of hydrogen-bond donors (Lipinski definition) is 3. The van der Waals surface area contributed by atoms with Crippen LogP contribution in [-0.4, -0.2) is 76.9 Å². The number of nitrogens with one attached hydrogen (secondary N) is 2. The van der Waals surface area contributed by atoms with E-state index in [0.717, 1.165) is 18.1 Å². The van der Waals surface area contributed by atoms with Crippen LogP contribution in [0, 0.1) is 0 Å². The van der Waals surface area contributed by atoms with E-state index in [0.29, 0.717) is 17.9 Å². The summed E-state index contributed by atoms with van der Waals surface area (Å²) in [7, 11) is 5.34. The number of benzene rings is 2. The van der Waals surface area contributed by atoms with Crippen molar-refractivity contribution < 1.29 is 32.6 Å². The van der Waals surface area contributed by atoms with Gasteiger partial charge in [0.1, 0.15) is 17.2 Å². The number of imidazole rings is 1. The van der Waals surface area contributed by atoms with Crippen molar-refractivity contribution in [3.63, 3.8) is 0 Å². The molecule has 13 heteroatoms. The largest absolute Gasteiger partial charge is 0.480 e. The number of ether oxygens (including phenoxy) is 1. The first kappa shape index (κ1) is 33.9. The number of carbonyl (C=O) groups excluding carboxylic acids is 2. The van der Waals surface area contributed by atoms with Crippen LogP contribution in [0.15, 0.2) is 48.7 Å². The van der Waals surface area contributed by atoms with Gasteiger partial charge in [-0.05, 0) is 65.0 Å². The molecule has 0 aliphatic heterocycles. The van der Waals surface area contributed by atoms with Gasteiger partial charge in [-0.3, -0.25) is 9.59 Å². The second kappa shape index (κ2) is 13.8. The number of halogens is 4. The molecule has 3 aromatic rings. The molecule has 0 bridgehead atoms. The van der Waals surface area contributed by atoms with E-state index in [-0.39, 0.29) is 35.3 Å². The topological polar surface area (TPSA) is 109 Å². The van der Waals surface area contributed by atoms with Crippen molar-refractivity contribution in [1.82, 2.24) is 25.1 Å². The number of alkyl halides is 3. The molecule has 0 aliphatic rings. The molecule has 1 aromatic heterocycles. The van der Waals surface area contributed by atoms with Crippen molar-refractivity contribution in [2.75, 3.05) is 27.2 Å². The maximum atomic E-state index is 13.1. The summed E-state index contributed by atoms with van der Waals surface area (Å²) in [5.41, 5.74) is 1.42. The van der Waals surface area contributed by atoms with Gasteiger partial charge in [-0.25, -0.2) is 4.98 Å². The molecule has 0 saturated heterocycles. The Balaban J connectivity index is 1.76. The molecule has 9 nitrogen and oxygen atoms in total. The molecule has 3 rings (SSSR count). The number of hydrogen-bond acceptors (Lipinski definition) is 6. The zero-order valence-corrected chi connectivity index (χ0v) is 25.7. The van der Waals surface area contributed by atoms with Gasteiger partial charge >= 0.3 is 6.18 Å². The lowest BCUT2D eigenvalue weighted by atomic mass is 10.0. The van der Waals surface area contributed by atoms with Crippen molar-refractivity contribution >= 4 is 23.4 Å². The summed E-state index contributed by atoms with van der Waals surface area (Å²) < 4.78 is 45.3. The Morgan fingerprint density at radius 2 is 1.79 bits per heavy atom. The van der Waals surface area contributed by atoms with Crippen molar-refractivity contribution in [3.05, 3.63) is 70.6 Å². The molecule has 0 aliphatic carbocycles. The number of amides is 2. The molecule has 0 radical (unpaired) electrons. The number of aryl methyl sites for hydroxylation is 1. The molecule has 0 fully saturated rings. The lowest BCUT2D eigenvalue weighted by molar-refractivity contribution is -0.189. The standard InChI is InChI=1S/C30H37ClF3N5O4/c1-18(30(32,33)34)43-25-12-11-21(14-23(25)31)27(41)36-22(15-35-26(40)17-38(4)5)13-19-7-9-20(10-8-19)24-16-39(6)28(37-24)29(2,3)42/h7-12,14,16,18,22,42H,13,15,17H2,1-6H3,(H,35,40)(H,36,41)/t18-,22+/m1/s1. The Morgan fingerprint density at radius 1 is 1.14 bits per heavy atom. The fourth-order valence-corrected chi connectivity index (χ4v) is 4.51. The third-order valence-electron chi connectivity index (χ3n) is 6.45. The fourth-order valence-electron chi connectivity index (χ4n) is 4.29. The maximum Gasteiger partial charge on any atom is 0.425 e. The predicted octanol–water partition coefficient (Wildman–Crippen LogP) is 4.32. The third-order valence-corrected chi connectivity index (χ3v) is 6.75. The van der Waals surface area contributed by atoms with Gasteiger partial charge < -0.3 is 29.9 Å². The predicted molar refractivity (Wildman–Crippen MR) is 158 cm³/mol. The van der Waals surface area contributed by atoms with Crippen LogP contribution < -0.4 is 15.4 Å². The number of rotatable bonds is 12. The Labute approximate surface area is 254 Å². The fraction of sp³-hybridized carbons (Fsp3) is 0.433. The van der Waals surface area contributed by atoms with Gasteiger partial charge in [-0.15, -0.1) is 0 Å². The van der Waals surface area contributed by atoms with E-state index < -0.39 is 29.8 Å². The molecule has 234 valence electrons. The SMILES string of the molecule is C[C@@H](Oc1ccc(C(=O)N[C@H](CNC(=O)CN(C)C)Cc2ccc(-c3cn(C)c(C(C)(C)O)n3)cc2)cc1Cl)C(F)(F)F. The summed E-state index contributed by atoms with van der Waals surface area (Å²) in [4.78, 5) is 31.7. The summed E-state index contributed by atoms with van der Waals surface area (Å²) in [5, 5.41) is 15.9. The lowest BCUT2D eigenvalue weighted by Gasteiger charge is -2.21. The second-order valence-electron chi connectivity index (χ2n) is 11.2. The van der Waals surface area contributed by atoms with Crippen molar-refractivity contribution in [2.24, 2.45) is 7.05 Å². The highest BCUT2D eigenvalue weighted by molar-refractivity contribution is 6.32. The summed E-state index contributed by atoms with van der Waals surface area (Å²) in [6, 6.07) is 10.8. The Kier molecular flexibility index (Phi) is 10.9. The number of aliphatic hydroxyl groups is 1. The van der Waals surface area contributed by atoms with Gasteiger partial charge in [0, 0.05) is 30.9 Å².